The van der Waals surface area contributed by atoms with Crippen molar-refractivity contribution in [2.75, 3.05) is 7.11 Å². The molecule has 0 bridgehead atoms. The van der Waals surface area contributed by atoms with Crippen LogP contribution in [0.1, 0.15) is 5.56 Å². The Bertz CT molecular complexity index is 1470. The van der Waals surface area contributed by atoms with Crippen LogP contribution in [0.5, 0.6) is 5.75 Å². The Balaban J connectivity index is 2.06. The number of hydrogen-bond acceptors (Lipinski definition) is 3. The molecule has 28 heavy (non-hydrogen) atoms. The number of halogens is 1. The first-order valence-electron chi connectivity index (χ1n) is 8.84. The van der Waals surface area contributed by atoms with Gasteiger partial charge in [0.25, 0.3) is 5.56 Å². The first-order valence-corrected chi connectivity index (χ1v) is 8.84. The lowest BCUT2D eigenvalue weighted by atomic mass is 10.1. The van der Waals surface area contributed by atoms with Crippen molar-refractivity contribution in [2.24, 2.45) is 0 Å². The van der Waals surface area contributed by atoms with Gasteiger partial charge in [0.1, 0.15) is 22.7 Å². The van der Waals surface area contributed by atoms with E-state index in [9.17, 15) is 9.18 Å². The lowest BCUT2D eigenvalue weighted by molar-refractivity contribution is 0.419. The molecule has 0 fully saturated rings. The molecule has 0 saturated heterocycles. The van der Waals surface area contributed by atoms with Gasteiger partial charge in [-0.3, -0.25) is 9.20 Å². The van der Waals surface area contributed by atoms with Crippen molar-refractivity contribution < 1.29 is 9.13 Å². The molecule has 5 heteroatoms. The third-order valence-corrected chi connectivity index (χ3v) is 4.92. The Morgan fingerprint density at radius 2 is 1.82 bits per heavy atom. The van der Waals surface area contributed by atoms with E-state index in [0.29, 0.717) is 38.4 Å². The zero-order chi connectivity index (χ0) is 19.3. The molecule has 5 aromatic rings. The molecule has 5 rings (SSSR count). The third kappa shape index (κ3) is 2.36. The average molecular weight is 370 g/mol. The van der Waals surface area contributed by atoms with Gasteiger partial charge in [-0.15, -0.1) is 0 Å². The minimum atomic E-state index is -0.360. The summed E-state index contributed by atoms with van der Waals surface area (Å²) in [4.78, 5) is 18.0. The zero-order valence-corrected chi connectivity index (χ0v) is 15.0. The van der Waals surface area contributed by atoms with Crippen LogP contribution in [0.2, 0.25) is 0 Å². The summed E-state index contributed by atoms with van der Waals surface area (Å²) in [6.45, 7) is 0. The minimum absolute atomic E-state index is 0.205. The van der Waals surface area contributed by atoms with E-state index >= 15 is 0 Å². The number of ether oxygens (including phenoxy) is 1. The third-order valence-electron chi connectivity index (χ3n) is 4.92. The maximum absolute atomic E-state index is 14.0. The van der Waals surface area contributed by atoms with Crippen LogP contribution in [0.3, 0.4) is 0 Å². The predicted molar refractivity (Wildman–Crippen MR) is 108 cm³/mol. The fourth-order valence-electron chi connectivity index (χ4n) is 3.65. The molecule has 4 nitrogen and oxygen atoms in total. The molecule has 0 unspecified atom stereocenters. The molecular formula is C23H15FN2O2. The summed E-state index contributed by atoms with van der Waals surface area (Å²) in [5.41, 5.74) is 2.33. The highest BCUT2D eigenvalue weighted by molar-refractivity contribution is 5.93. The number of nitrogens with zero attached hydrogens (tertiary/aromatic N) is 2. The van der Waals surface area contributed by atoms with E-state index in [0.717, 1.165) is 5.56 Å². The maximum Gasteiger partial charge on any atom is 0.266 e. The molecular weight excluding hydrogens is 355 g/mol. The van der Waals surface area contributed by atoms with E-state index in [1.807, 2.05) is 36.4 Å². The maximum atomic E-state index is 14.0. The van der Waals surface area contributed by atoms with Crippen LogP contribution in [0.25, 0.3) is 33.5 Å². The first kappa shape index (κ1) is 16.4. The Morgan fingerprint density at radius 3 is 2.61 bits per heavy atom. The highest BCUT2D eigenvalue weighted by atomic mass is 19.1. The summed E-state index contributed by atoms with van der Waals surface area (Å²) >= 11 is 0. The van der Waals surface area contributed by atoms with Gasteiger partial charge in [0, 0.05) is 10.6 Å². The smallest absolute Gasteiger partial charge is 0.266 e. The minimum Gasteiger partial charge on any atom is -0.494 e. The van der Waals surface area contributed by atoms with Crippen LogP contribution in [0.15, 0.2) is 71.5 Å². The Kier molecular flexibility index (Phi) is 3.62. The second-order valence-electron chi connectivity index (χ2n) is 6.56. The molecule has 0 spiro atoms. The second kappa shape index (κ2) is 6.16. The molecule has 136 valence electrons. The molecule has 0 N–H and O–H groups in total. The number of para-hydroxylation sites is 1. The molecule has 0 aliphatic rings. The van der Waals surface area contributed by atoms with Gasteiger partial charge in [0.05, 0.1) is 18.0 Å². The summed E-state index contributed by atoms with van der Waals surface area (Å²) in [5, 5.41) is 1.80. The van der Waals surface area contributed by atoms with Crippen LogP contribution in [0.4, 0.5) is 4.39 Å². The predicted octanol–water partition coefficient (Wildman–Crippen LogP) is 3.70. The van der Waals surface area contributed by atoms with E-state index in [2.05, 4.69) is 0 Å². The van der Waals surface area contributed by atoms with Gasteiger partial charge in [0.2, 0.25) is 0 Å². The molecule has 0 radical (unpaired) electrons. The average Bonchev–Trinajstić information content (AvgIpc) is 3.01. The van der Waals surface area contributed by atoms with Crippen molar-refractivity contribution >= 4 is 33.5 Å². The van der Waals surface area contributed by atoms with Gasteiger partial charge in [-0.25, -0.2) is 9.37 Å². The van der Waals surface area contributed by atoms with Crippen molar-refractivity contribution in [1.82, 2.24) is 9.38 Å². The van der Waals surface area contributed by atoms with E-state index in [4.69, 9.17) is 9.72 Å². The van der Waals surface area contributed by atoms with E-state index < -0.39 is 0 Å². The van der Waals surface area contributed by atoms with Crippen molar-refractivity contribution in [2.45, 2.75) is 0 Å². The number of aromatic nitrogens is 2. The van der Waals surface area contributed by atoms with Gasteiger partial charge < -0.3 is 4.74 Å². The zero-order valence-electron chi connectivity index (χ0n) is 15.0. The molecule has 2 heterocycles. The Labute approximate surface area is 159 Å². The number of benzene rings is 3. The highest BCUT2D eigenvalue weighted by Crippen LogP contribution is 2.23. The van der Waals surface area contributed by atoms with E-state index in [1.54, 1.807) is 35.8 Å². The summed E-state index contributed by atoms with van der Waals surface area (Å²) in [5.74, 6) is 0.167. The summed E-state index contributed by atoms with van der Waals surface area (Å²) in [6.07, 6.45) is 1.92. The summed E-state index contributed by atoms with van der Waals surface area (Å²) < 4.78 is 21.0. The first-order chi connectivity index (χ1) is 13.7. The lowest BCUT2D eigenvalue weighted by Gasteiger charge is -2.05. The number of rotatable bonds is 2. The van der Waals surface area contributed by atoms with E-state index in [1.165, 1.54) is 12.1 Å². The fourth-order valence-corrected chi connectivity index (χ4v) is 3.65. The highest BCUT2D eigenvalue weighted by Gasteiger charge is 2.16. The lowest BCUT2D eigenvalue weighted by Crippen LogP contribution is -2.16. The Hall–Kier alpha value is -3.73. The van der Waals surface area contributed by atoms with Crippen molar-refractivity contribution in [3.8, 4) is 5.75 Å². The molecule has 0 atom stereocenters. The molecule has 2 aromatic heterocycles. The van der Waals surface area contributed by atoms with Crippen molar-refractivity contribution in [3.63, 3.8) is 0 Å². The van der Waals surface area contributed by atoms with Crippen LogP contribution in [-0.4, -0.2) is 16.5 Å². The molecule has 0 saturated carbocycles. The fraction of sp³-hybridized carbons (Fsp3) is 0.0435. The van der Waals surface area contributed by atoms with Crippen LogP contribution in [-0.2, 0) is 0 Å². The van der Waals surface area contributed by atoms with Gasteiger partial charge in [-0.1, -0.05) is 36.4 Å². The summed E-state index contributed by atoms with van der Waals surface area (Å²) in [7, 11) is 1.55. The summed E-state index contributed by atoms with van der Waals surface area (Å²) in [6, 6.07) is 19.4. The second-order valence-corrected chi connectivity index (χ2v) is 6.56. The van der Waals surface area contributed by atoms with Crippen molar-refractivity contribution in [1.29, 1.82) is 0 Å². The number of fused-ring (bicyclic) bond motifs is 4. The Morgan fingerprint density at radius 1 is 1.00 bits per heavy atom. The van der Waals surface area contributed by atoms with Gasteiger partial charge >= 0.3 is 0 Å². The number of hydrogen-bond donors (Lipinski definition) is 0. The van der Waals surface area contributed by atoms with Gasteiger partial charge in [-0.2, -0.15) is 0 Å². The van der Waals surface area contributed by atoms with Crippen LogP contribution >= 0.6 is 0 Å². The molecule has 0 amide bonds. The van der Waals surface area contributed by atoms with E-state index in [-0.39, 0.29) is 11.4 Å². The topological polar surface area (TPSA) is 43.6 Å². The molecule has 0 aliphatic heterocycles. The molecule has 3 aromatic carbocycles. The normalized spacial score (nSPS) is 12.3. The quantitative estimate of drug-likeness (QED) is 0.476. The van der Waals surface area contributed by atoms with Crippen LogP contribution < -0.4 is 15.5 Å². The van der Waals surface area contributed by atoms with Crippen LogP contribution in [0, 0.1) is 5.82 Å². The number of methoxy groups -OCH3 is 1. The van der Waals surface area contributed by atoms with Gasteiger partial charge in [0.15, 0.2) is 0 Å². The van der Waals surface area contributed by atoms with Gasteiger partial charge in [-0.05, 0) is 42.0 Å². The largest absolute Gasteiger partial charge is 0.494 e. The van der Waals surface area contributed by atoms with Crippen molar-refractivity contribution in [3.05, 3.63) is 93.7 Å². The standard InChI is InChI=1S/C23H15FN2O2/c1-28-20-9-5-8-16-21(20)25-22-18(12-14-6-3-2-4-7-14)17-13-15(24)10-11-19(17)26(22)23(16)27/h2-13H,1H3/b18-12-. The molecule has 0 aliphatic carbocycles. The SMILES string of the molecule is COc1cccc2c(=O)n3c(nc12)/c(=C\c1ccccc1)c1cc(F)ccc13. The monoisotopic (exact) mass is 370 g/mol.